The lowest BCUT2D eigenvalue weighted by molar-refractivity contribution is -0.385. The van der Waals surface area contributed by atoms with Crippen molar-refractivity contribution in [3.05, 3.63) is 75.0 Å². The van der Waals surface area contributed by atoms with Crippen molar-refractivity contribution in [2.24, 2.45) is 0 Å². The number of nitro benzene ring substituents is 1. The molecule has 0 atom stereocenters. The van der Waals surface area contributed by atoms with E-state index in [9.17, 15) is 20.0 Å². The molecular formula is C18H16N2O4. The highest BCUT2D eigenvalue weighted by Crippen LogP contribution is 2.28. The Hall–Kier alpha value is -2.99. The van der Waals surface area contributed by atoms with Gasteiger partial charge in [-0.25, -0.2) is 0 Å². The molecule has 24 heavy (non-hydrogen) atoms. The molecule has 1 N–H and O–H groups in total. The van der Waals surface area contributed by atoms with Gasteiger partial charge in [-0.1, -0.05) is 24.3 Å². The highest BCUT2D eigenvalue weighted by atomic mass is 16.6. The fourth-order valence-corrected chi connectivity index (χ4v) is 2.96. The number of hydrogen-bond acceptors (Lipinski definition) is 4. The molecular weight excluding hydrogens is 308 g/mol. The van der Waals surface area contributed by atoms with Crippen LogP contribution in [0.5, 0.6) is 0 Å². The molecule has 6 heteroatoms. The highest BCUT2D eigenvalue weighted by Gasteiger charge is 2.21. The summed E-state index contributed by atoms with van der Waals surface area (Å²) in [5.41, 5.74) is 2.64. The lowest BCUT2D eigenvalue weighted by atomic mass is 10.1. The minimum absolute atomic E-state index is 0.0858. The zero-order chi connectivity index (χ0) is 17.4. The van der Waals surface area contributed by atoms with E-state index in [0.29, 0.717) is 22.3 Å². The van der Waals surface area contributed by atoms with Crippen molar-refractivity contribution in [1.82, 2.24) is 4.57 Å². The first-order valence-corrected chi connectivity index (χ1v) is 7.45. The fourth-order valence-electron chi connectivity index (χ4n) is 2.96. The third-order valence-electron chi connectivity index (χ3n) is 4.26. The molecule has 1 aromatic heterocycles. The number of carbonyl (C=O) groups is 1. The summed E-state index contributed by atoms with van der Waals surface area (Å²) >= 11 is 0. The average Bonchev–Trinajstić information content (AvgIpc) is 2.85. The smallest absolute Gasteiger partial charge is 0.273 e. The maximum atomic E-state index is 13.0. The molecule has 3 aromatic rings. The SMILES string of the molecule is Cc1ccc(C(=O)n2c(C)c(CO)c3ccccc32)cc1[N+](=O)[O-]. The highest BCUT2D eigenvalue weighted by molar-refractivity contribution is 6.04. The van der Waals surface area contributed by atoms with Crippen LogP contribution in [0.15, 0.2) is 42.5 Å². The average molecular weight is 324 g/mol. The molecule has 0 saturated carbocycles. The number of hydrogen-bond donors (Lipinski definition) is 1. The van der Waals surface area contributed by atoms with Crippen LogP contribution in [0.4, 0.5) is 5.69 Å². The van der Waals surface area contributed by atoms with Crippen molar-refractivity contribution in [3.63, 3.8) is 0 Å². The summed E-state index contributed by atoms with van der Waals surface area (Å²) in [7, 11) is 0. The molecule has 1 heterocycles. The number of aliphatic hydroxyl groups excluding tert-OH is 1. The molecule has 0 fully saturated rings. The van der Waals surface area contributed by atoms with Crippen LogP contribution in [0.1, 0.15) is 27.2 Å². The topological polar surface area (TPSA) is 85.4 Å². The second kappa shape index (κ2) is 5.90. The zero-order valence-electron chi connectivity index (χ0n) is 13.3. The number of nitro groups is 1. The third kappa shape index (κ3) is 2.37. The van der Waals surface area contributed by atoms with E-state index in [0.717, 1.165) is 5.39 Å². The van der Waals surface area contributed by atoms with Gasteiger partial charge in [-0.05, 0) is 26.0 Å². The summed E-state index contributed by atoms with van der Waals surface area (Å²) in [6.07, 6.45) is 0. The molecule has 6 nitrogen and oxygen atoms in total. The quantitative estimate of drug-likeness (QED) is 0.591. The lowest BCUT2D eigenvalue weighted by Gasteiger charge is -2.08. The maximum absolute atomic E-state index is 13.0. The Bertz CT molecular complexity index is 973. The fraction of sp³-hybridized carbons (Fsp3) is 0.167. The van der Waals surface area contributed by atoms with Gasteiger partial charge >= 0.3 is 0 Å². The van der Waals surface area contributed by atoms with E-state index >= 15 is 0 Å². The predicted octanol–water partition coefficient (Wildman–Crippen LogP) is 3.35. The van der Waals surface area contributed by atoms with Gasteiger partial charge in [0.15, 0.2) is 0 Å². The molecule has 0 aliphatic rings. The van der Waals surface area contributed by atoms with Crippen molar-refractivity contribution in [1.29, 1.82) is 0 Å². The van der Waals surface area contributed by atoms with E-state index in [1.165, 1.54) is 10.6 Å². The Balaban J connectivity index is 2.22. The number of fused-ring (bicyclic) bond motifs is 1. The number of aromatic nitrogens is 1. The summed E-state index contributed by atoms with van der Waals surface area (Å²) in [5, 5.41) is 21.5. The van der Waals surface area contributed by atoms with Gasteiger partial charge in [0.05, 0.1) is 17.0 Å². The van der Waals surface area contributed by atoms with Crippen LogP contribution in [0.2, 0.25) is 0 Å². The van der Waals surface area contributed by atoms with Crippen LogP contribution >= 0.6 is 0 Å². The van der Waals surface area contributed by atoms with Gasteiger partial charge in [0.1, 0.15) is 0 Å². The number of aryl methyl sites for hydroxylation is 1. The van der Waals surface area contributed by atoms with Gasteiger partial charge in [-0.3, -0.25) is 19.5 Å². The van der Waals surface area contributed by atoms with Crippen molar-refractivity contribution in [3.8, 4) is 0 Å². The number of nitrogens with zero attached hydrogens (tertiary/aromatic N) is 2. The van der Waals surface area contributed by atoms with E-state index in [1.807, 2.05) is 18.2 Å². The Labute approximate surface area is 138 Å². The van der Waals surface area contributed by atoms with E-state index in [1.54, 1.807) is 32.0 Å². The van der Waals surface area contributed by atoms with Crippen LogP contribution in [0.3, 0.4) is 0 Å². The molecule has 3 rings (SSSR count). The van der Waals surface area contributed by atoms with Crippen molar-refractivity contribution in [2.45, 2.75) is 20.5 Å². The molecule has 0 aliphatic heterocycles. The first-order chi connectivity index (χ1) is 11.5. The van der Waals surface area contributed by atoms with Gasteiger partial charge in [0, 0.05) is 33.8 Å². The molecule has 122 valence electrons. The second-order valence-electron chi connectivity index (χ2n) is 5.64. The first-order valence-electron chi connectivity index (χ1n) is 7.45. The molecule has 2 aromatic carbocycles. The van der Waals surface area contributed by atoms with Crippen LogP contribution in [-0.2, 0) is 6.61 Å². The Morgan fingerprint density at radius 3 is 2.58 bits per heavy atom. The largest absolute Gasteiger partial charge is 0.392 e. The Morgan fingerprint density at radius 1 is 1.21 bits per heavy atom. The van der Waals surface area contributed by atoms with Crippen LogP contribution in [0.25, 0.3) is 10.9 Å². The van der Waals surface area contributed by atoms with E-state index in [-0.39, 0.29) is 23.8 Å². The van der Waals surface area contributed by atoms with Crippen molar-refractivity contribution < 1.29 is 14.8 Å². The number of para-hydroxylation sites is 1. The van der Waals surface area contributed by atoms with Gasteiger partial charge < -0.3 is 5.11 Å². The molecule has 0 spiro atoms. The minimum atomic E-state index is -0.494. The summed E-state index contributed by atoms with van der Waals surface area (Å²) in [6.45, 7) is 3.21. The third-order valence-corrected chi connectivity index (χ3v) is 4.26. The van der Waals surface area contributed by atoms with Gasteiger partial charge in [-0.15, -0.1) is 0 Å². The van der Waals surface area contributed by atoms with Crippen molar-refractivity contribution >= 4 is 22.5 Å². The van der Waals surface area contributed by atoms with E-state index in [4.69, 9.17) is 0 Å². The molecule has 0 bridgehead atoms. The summed E-state index contributed by atoms with van der Waals surface area (Å²) in [5.74, 6) is -0.355. The van der Waals surface area contributed by atoms with Crippen LogP contribution in [0, 0.1) is 24.0 Å². The number of rotatable bonds is 3. The molecule has 0 saturated heterocycles. The molecule has 0 unspecified atom stereocenters. The first kappa shape index (κ1) is 15.9. The number of aliphatic hydroxyl groups is 1. The lowest BCUT2D eigenvalue weighted by Crippen LogP contribution is -2.14. The minimum Gasteiger partial charge on any atom is -0.392 e. The zero-order valence-corrected chi connectivity index (χ0v) is 13.3. The molecule has 0 radical (unpaired) electrons. The standard InChI is InChI=1S/C18H16N2O4/c1-11-7-8-13(9-17(11)20(23)24)18(22)19-12(2)15(10-21)14-5-3-4-6-16(14)19/h3-9,21H,10H2,1-2H3. The normalized spacial score (nSPS) is 11.0. The van der Waals surface area contributed by atoms with Crippen LogP contribution < -0.4 is 0 Å². The van der Waals surface area contributed by atoms with E-state index < -0.39 is 4.92 Å². The van der Waals surface area contributed by atoms with Crippen LogP contribution in [-0.4, -0.2) is 20.5 Å². The van der Waals surface area contributed by atoms with Gasteiger partial charge in [0.25, 0.3) is 11.6 Å². The number of benzene rings is 2. The summed E-state index contributed by atoms with van der Waals surface area (Å²) in [6, 6.07) is 11.7. The Morgan fingerprint density at radius 2 is 1.92 bits per heavy atom. The van der Waals surface area contributed by atoms with E-state index in [2.05, 4.69) is 0 Å². The van der Waals surface area contributed by atoms with Gasteiger partial charge in [0.2, 0.25) is 0 Å². The second-order valence-corrected chi connectivity index (χ2v) is 5.64. The molecule has 0 aliphatic carbocycles. The van der Waals surface area contributed by atoms with Crippen molar-refractivity contribution in [2.75, 3.05) is 0 Å². The molecule has 0 amide bonds. The maximum Gasteiger partial charge on any atom is 0.273 e. The summed E-state index contributed by atoms with van der Waals surface area (Å²) < 4.78 is 1.50. The van der Waals surface area contributed by atoms with Gasteiger partial charge in [-0.2, -0.15) is 0 Å². The predicted molar refractivity (Wildman–Crippen MR) is 90.2 cm³/mol. The number of carbonyl (C=O) groups excluding carboxylic acids is 1. The summed E-state index contributed by atoms with van der Waals surface area (Å²) in [4.78, 5) is 23.6. The monoisotopic (exact) mass is 324 g/mol. The Kier molecular flexibility index (Phi) is 3.91.